The summed E-state index contributed by atoms with van der Waals surface area (Å²) in [4.78, 5) is 32.3. The summed E-state index contributed by atoms with van der Waals surface area (Å²) in [6.45, 7) is 3.46. The van der Waals surface area contributed by atoms with Crippen molar-refractivity contribution < 1.29 is 23.8 Å². The van der Waals surface area contributed by atoms with Gasteiger partial charge in [0.05, 0.1) is 31.9 Å². The van der Waals surface area contributed by atoms with Crippen molar-refractivity contribution in [3.8, 4) is 11.5 Å². The third-order valence-electron chi connectivity index (χ3n) is 7.26. The van der Waals surface area contributed by atoms with Crippen molar-refractivity contribution in [3.05, 3.63) is 17.7 Å². The van der Waals surface area contributed by atoms with E-state index in [0.717, 1.165) is 13.0 Å². The molecule has 1 saturated carbocycles. The fourth-order valence-electron chi connectivity index (χ4n) is 5.78. The molecule has 3 aliphatic heterocycles. The van der Waals surface area contributed by atoms with Crippen LogP contribution in [0.1, 0.15) is 25.3 Å². The van der Waals surface area contributed by atoms with E-state index in [2.05, 4.69) is 11.9 Å². The molecule has 0 radical (unpaired) electrons. The van der Waals surface area contributed by atoms with Crippen LogP contribution in [0.15, 0.2) is 12.1 Å². The van der Waals surface area contributed by atoms with Crippen LogP contribution in [-0.4, -0.2) is 77.1 Å². The quantitative estimate of drug-likeness (QED) is 0.695. The van der Waals surface area contributed by atoms with E-state index in [1.807, 2.05) is 32.0 Å². The van der Waals surface area contributed by atoms with Crippen molar-refractivity contribution in [3.63, 3.8) is 0 Å². The van der Waals surface area contributed by atoms with Gasteiger partial charge in [0.15, 0.2) is 23.1 Å². The summed E-state index contributed by atoms with van der Waals surface area (Å²) in [5.74, 6) is 0.710. The maximum Gasteiger partial charge on any atom is 0.184 e. The van der Waals surface area contributed by atoms with Gasteiger partial charge >= 0.3 is 0 Å². The van der Waals surface area contributed by atoms with E-state index in [0.29, 0.717) is 35.7 Å². The number of hydrogen-bond acceptors (Lipinski definition) is 7. The fraction of sp³-hybridized carbons (Fsp3) is 0.652. The van der Waals surface area contributed by atoms with Crippen LogP contribution in [0.3, 0.4) is 0 Å². The first-order chi connectivity index (χ1) is 14.3. The fourth-order valence-corrected chi connectivity index (χ4v) is 5.78. The Hall–Kier alpha value is -2.12. The lowest BCUT2D eigenvalue weighted by molar-refractivity contribution is -0.146. The molecule has 5 rings (SSSR count). The smallest absolute Gasteiger partial charge is 0.184 e. The summed E-state index contributed by atoms with van der Waals surface area (Å²) in [5.41, 5.74) is 0.168. The average molecular weight is 417 g/mol. The molecule has 3 saturated heterocycles. The van der Waals surface area contributed by atoms with E-state index >= 15 is 0 Å². The van der Waals surface area contributed by atoms with E-state index < -0.39 is 11.5 Å². The van der Waals surface area contributed by atoms with Crippen LogP contribution < -0.4 is 14.4 Å². The number of fused-ring (bicyclic) bond motifs is 4. The maximum atomic E-state index is 14.1. The average Bonchev–Trinajstić information content (AvgIpc) is 3.05. The van der Waals surface area contributed by atoms with Gasteiger partial charge < -0.3 is 24.0 Å². The highest BCUT2D eigenvalue weighted by Crippen LogP contribution is 2.54. The molecular weight excluding hydrogens is 384 g/mol. The molecule has 4 bridgehead atoms. The highest BCUT2D eigenvalue weighted by molar-refractivity contribution is 6.19. The monoisotopic (exact) mass is 416 g/mol. The first-order valence-corrected chi connectivity index (χ1v) is 10.6. The number of Topliss-reactive ketones (excluding diaryl/α,β-unsaturated/α-hetero) is 2. The van der Waals surface area contributed by atoms with E-state index in [1.165, 1.54) is 0 Å². The van der Waals surface area contributed by atoms with Crippen LogP contribution in [0.4, 0.5) is 5.69 Å². The van der Waals surface area contributed by atoms with Crippen molar-refractivity contribution >= 4 is 17.3 Å². The Morgan fingerprint density at radius 2 is 1.87 bits per heavy atom. The topological polar surface area (TPSA) is 68.3 Å². The van der Waals surface area contributed by atoms with Crippen molar-refractivity contribution in [2.45, 2.75) is 37.4 Å². The van der Waals surface area contributed by atoms with Gasteiger partial charge in [0, 0.05) is 25.6 Å². The van der Waals surface area contributed by atoms with Crippen LogP contribution in [0.5, 0.6) is 11.5 Å². The highest BCUT2D eigenvalue weighted by atomic mass is 16.5. The number of ether oxygens (including phenoxy) is 3. The molecule has 1 aliphatic carbocycles. The second-order valence-electron chi connectivity index (χ2n) is 9.02. The standard InChI is InChI=1S/C23H32N2O5/c1-13-17-14-9-11-25(4)12-10-23(21(17)26,22(27)19(14)30-13)15-7-8-16(28-5)20(29-6)18(15)24(2)3/h7-8,13-14,17,19H,9-12H2,1-6H3. The molecule has 5 unspecified atom stereocenters. The number of carbonyl (C=O) groups excluding carboxylic acids is 2. The maximum absolute atomic E-state index is 14.1. The van der Waals surface area contributed by atoms with Gasteiger partial charge in [0.1, 0.15) is 11.5 Å². The SMILES string of the molecule is COc1ccc(C23CCN(C)CCC4C(OC(C)C4C2=O)C3=O)c(N(C)C)c1OC. The Kier molecular flexibility index (Phi) is 5.31. The molecule has 1 aromatic carbocycles. The molecule has 5 atom stereocenters. The highest BCUT2D eigenvalue weighted by Gasteiger charge is 2.65. The Balaban J connectivity index is 2.00. The number of ketones is 2. The minimum Gasteiger partial charge on any atom is -0.493 e. The largest absolute Gasteiger partial charge is 0.493 e. The number of carbonyl (C=O) groups is 2. The second kappa shape index (κ2) is 7.54. The molecule has 30 heavy (non-hydrogen) atoms. The second-order valence-corrected chi connectivity index (χ2v) is 9.02. The Morgan fingerprint density at radius 1 is 1.13 bits per heavy atom. The number of benzene rings is 1. The Bertz CT molecular complexity index is 869. The zero-order chi connectivity index (χ0) is 21.8. The number of methoxy groups -OCH3 is 2. The van der Waals surface area contributed by atoms with E-state index in [-0.39, 0.29) is 29.5 Å². The van der Waals surface area contributed by atoms with Gasteiger partial charge in [0.25, 0.3) is 0 Å². The lowest BCUT2D eigenvalue weighted by atomic mass is 9.58. The zero-order valence-corrected chi connectivity index (χ0v) is 18.7. The lowest BCUT2D eigenvalue weighted by Crippen LogP contribution is -2.58. The molecule has 7 heteroatoms. The molecule has 0 aromatic heterocycles. The van der Waals surface area contributed by atoms with E-state index in [1.54, 1.807) is 20.3 Å². The summed E-state index contributed by atoms with van der Waals surface area (Å²) < 4.78 is 17.3. The third-order valence-corrected chi connectivity index (χ3v) is 7.26. The van der Waals surface area contributed by atoms with E-state index in [4.69, 9.17) is 14.2 Å². The van der Waals surface area contributed by atoms with Crippen molar-refractivity contribution in [2.75, 3.05) is 53.4 Å². The third kappa shape index (κ3) is 2.78. The minimum atomic E-state index is -1.24. The van der Waals surface area contributed by atoms with Crippen LogP contribution in [0, 0.1) is 11.8 Å². The van der Waals surface area contributed by atoms with Gasteiger partial charge in [-0.3, -0.25) is 9.59 Å². The molecule has 7 nitrogen and oxygen atoms in total. The summed E-state index contributed by atoms with van der Waals surface area (Å²) >= 11 is 0. The summed E-state index contributed by atoms with van der Waals surface area (Å²) in [6.07, 6.45) is 0.464. The molecule has 1 aromatic rings. The summed E-state index contributed by atoms with van der Waals surface area (Å²) in [5, 5.41) is 0. The van der Waals surface area contributed by atoms with Crippen molar-refractivity contribution in [2.24, 2.45) is 11.8 Å². The predicted octanol–water partition coefficient (Wildman–Crippen LogP) is 1.90. The number of nitrogens with zero attached hydrogens (tertiary/aromatic N) is 2. The Labute approximate surface area is 178 Å². The van der Waals surface area contributed by atoms with Gasteiger partial charge in [-0.15, -0.1) is 0 Å². The zero-order valence-electron chi connectivity index (χ0n) is 18.7. The summed E-state index contributed by atoms with van der Waals surface area (Å²) in [6, 6.07) is 3.67. The number of rotatable bonds is 4. The first-order valence-electron chi connectivity index (χ1n) is 10.6. The van der Waals surface area contributed by atoms with Gasteiger partial charge in [0.2, 0.25) is 0 Å². The normalized spacial score (nSPS) is 33.8. The van der Waals surface area contributed by atoms with Crippen molar-refractivity contribution in [1.29, 1.82) is 0 Å². The predicted molar refractivity (Wildman–Crippen MR) is 114 cm³/mol. The van der Waals surface area contributed by atoms with Gasteiger partial charge in [-0.05, 0) is 46.0 Å². The van der Waals surface area contributed by atoms with Crippen LogP contribution in [0.25, 0.3) is 0 Å². The Morgan fingerprint density at radius 3 is 2.50 bits per heavy atom. The molecule has 4 fully saturated rings. The molecular formula is C23H32N2O5. The van der Waals surface area contributed by atoms with Crippen LogP contribution in [-0.2, 0) is 19.7 Å². The van der Waals surface area contributed by atoms with Crippen molar-refractivity contribution in [1.82, 2.24) is 4.90 Å². The molecule has 3 heterocycles. The van der Waals surface area contributed by atoms with E-state index in [9.17, 15) is 9.59 Å². The molecule has 0 amide bonds. The lowest BCUT2D eigenvalue weighted by Gasteiger charge is -2.42. The number of anilines is 1. The molecule has 0 N–H and O–H groups in total. The minimum absolute atomic E-state index is 0.00405. The van der Waals surface area contributed by atoms with Gasteiger partial charge in [-0.1, -0.05) is 6.07 Å². The van der Waals surface area contributed by atoms with Gasteiger partial charge in [-0.2, -0.15) is 0 Å². The van der Waals surface area contributed by atoms with Crippen LogP contribution in [0.2, 0.25) is 0 Å². The first kappa shape index (κ1) is 21.1. The molecule has 4 aliphatic rings. The van der Waals surface area contributed by atoms with Gasteiger partial charge in [-0.25, -0.2) is 0 Å². The molecule has 164 valence electrons. The molecule has 0 spiro atoms. The number of hydrogen-bond donors (Lipinski definition) is 0. The summed E-state index contributed by atoms with van der Waals surface area (Å²) in [7, 11) is 9.02. The van der Waals surface area contributed by atoms with Crippen LogP contribution >= 0.6 is 0 Å².